The number of hydrogen-bond acceptors (Lipinski definition) is 2. The summed E-state index contributed by atoms with van der Waals surface area (Å²) in [6.45, 7) is 0.245. The van der Waals surface area contributed by atoms with Gasteiger partial charge in [0.25, 0.3) is 0 Å². The van der Waals surface area contributed by atoms with Gasteiger partial charge < -0.3 is 10.2 Å². The van der Waals surface area contributed by atoms with Crippen LogP contribution in [0.1, 0.15) is 6.42 Å². The van der Waals surface area contributed by atoms with Gasteiger partial charge in [-0.1, -0.05) is 53.0 Å². The van der Waals surface area contributed by atoms with E-state index in [1.807, 2.05) is 0 Å². The van der Waals surface area contributed by atoms with Gasteiger partial charge in [-0.3, -0.25) is 9.59 Å². The molecule has 7 heteroatoms. The van der Waals surface area contributed by atoms with Crippen LogP contribution in [0.2, 0.25) is 15.1 Å². The van der Waals surface area contributed by atoms with E-state index in [1.54, 1.807) is 42.5 Å². The SMILES string of the molecule is O=C(Nc1ccccc1Cl)[C@H]1CC(=O)N(c2cccc(Cl)c2Cl)C1. The number of nitrogens with zero attached hydrogens (tertiary/aromatic N) is 1. The fourth-order valence-electron chi connectivity index (χ4n) is 2.61. The number of para-hydroxylation sites is 1. The van der Waals surface area contributed by atoms with Gasteiger partial charge >= 0.3 is 0 Å². The molecule has 0 unspecified atom stereocenters. The summed E-state index contributed by atoms with van der Waals surface area (Å²) in [6, 6.07) is 12.0. The minimum Gasteiger partial charge on any atom is -0.324 e. The van der Waals surface area contributed by atoms with Crippen molar-refractivity contribution in [1.29, 1.82) is 0 Å². The lowest BCUT2D eigenvalue weighted by atomic mass is 10.1. The Bertz CT molecular complexity index is 810. The van der Waals surface area contributed by atoms with Crippen LogP contribution in [0.3, 0.4) is 0 Å². The molecular formula is C17H13Cl3N2O2. The molecule has 24 heavy (non-hydrogen) atoms. The zero-order valence-electron chi connectivity index (χ0n) is 12.4. The number of benzene rings is 2. The minimum absolute atomic E-state index is 0.110. The van der Waals surface area contributed by atoms with E-state index in [0.717, 1.165) is 0 Å². The van der Waals surface area contributed by atoms with Crippen LogP contribution in [0, 0.1) is 5.92 Å². The lowest BCUT2D eigenvalue weighted by molar-refractivity contribution is -0.122. The van der Waals surface area contributed by atoms with Crippen molar-refractivity contribution in [1.82, 2.24) is 0 Å². The van der Waals surface area contributed by atoms with Gasteiger partial charge in [-0.05, 0) is 24.3 Å². The monoisotopic (exact) mass is 382 g/mol. The van der Waals surface area contributed by atoms with Crippen molar-refractivity contribution in [2.45, 2.75) is 6.42 Å². The van der Waals surface area contributed by atoms with Gasteiger partial charge in [-0.15, -0.1) is 0 Å². The summed E-state index contributed by atoms with van der Waals surface area (Å²) < 4.78 is 0. The van der Waals surface area contributed by atoms with E-state index in [-0.39, 0.29) is 24.8 Å². The van der Waals surface area contributed by atoms with Crippen molar-refractivity contribution < 1.29 is 9.59 Å². The summed E-state index contributed by atoms with van der Waals surface area (Å²) in [4.78, 5) is 26.2. The highest BCUT2D eigenvalue weighted by Gasteiger charge is 2.36. The average molecular weight is 384 g/mol. The molecule has 1 N–H and O–H groups in total. The fraction of sp³-hybridized carbons (Fsp3) is 0.176. The third-order valence-electron chi connectivity index (χ3n) is 3.85. The highest BCUT2D eigenvalue weighted by molar-refractivity contribution is 6.44. The van der Waals surface area contributed by atoms with Crippen LogP contribution in [-0.4, -0.2) is 18.4 Å². The van der Waals surface area contributed by atoms with E-state index in [4.69, 9.17) is 34.8 Å². The Morgan fingerprint density at radius 2 is 1.75 bits per heavy atom. The first-order valence-electron chi connectivity index (χ1n) is 7.27. The largest absolute Gasteiger partial charge is 0.324 e. The summed E-state index contributed by atoms with van der Waals surface area (Å²) in [5.41, 5.74) is 1.04. The number of nitrogens with one attached hydrogen (secondary N) is 1. The summed E-state index contributed by atoms with van der Waals surface area (Å²) in [7, 11) is 0. The summed E-state index contributed by atoms with van der Waals surface area (Å²) in [5, 5.41) is 3.88. The highest BCUT2D eigenvalue weighted by Crippen LogP contribution is 2.36. The summed E-state index contributed by atoms with van der Waals surface area (Å²) in [5.74, 6) is -0.903. The quantitative estimate of drug-likeness (QED) is 0.839. The van der Waals surface area contributed by atoms with Crippen LogP contribution >= 0.6 is 34.8 Å². The van der Waals surface area contributed by atoms with Crippen molar-refractivity contribution in [3.8, 4) is 0 Å². The van der Waals surface area contributed by atoms with Gasteiger partial charge in [0.1, 0.15) is 0 Å². The second-order valence-corrected chi connectivity index (χ2v) is 6.64. The molecule has 1 aliphatic heterocycles. The van der Waals surface area contributed by atoms with Gasteiger partial charge in [0, 0.05) is 13.0 Å². The molecule has 1 atom stereocenters. The van der Waals surface area contributed by atoms with Crippen molar-refractivity contribution in [2.24, 2.45) is 5.92 Å². The Morgan fingerprint density at radius 1 is 1.04 bits per heavy atom. The Kier molecular flexibility index (Phi) is 4.99. The van der Waals surface area contributed by atoms with Crippen molar-refractivity contribution >= 4 is 58.0 Å². The molecule has 2 amide bonds. The van der Waals surface area contributed by atoms with Crippen LogP contribution < -0.4 is 10.2 Å². The molecule has 1 saturated heterocycles. The molecule has 0 spiro atoms. The Balaban J connectivity index is 1.76. The van der Waals surface area contributed by atoms with E-state index in [9.17, 15) is 9.59 Å². The number of carbonyl (C=O) groups excluding carboxylic acids is 2. The third kappa shape index (κ3) is 3.36. The molecule has 1 aliphatic rings. The predicted octanol–water partition coefficient (Wildman–Crippen LogP) is 4.64. The Morgan fingerprint density at radius 3 is 2.50 bits per heavy atom. The first-order valence-corrected chi connectivity index (χ1v) is 8.40. The first kappa shape index (κ1) is 17.1. The van der Waals surface area contributed by atoms with Crippen LogP contribution in [0.4, 0.5) is 11.4 Å². The summed E-state index contributed by atoms with van der Waals surface area (Å²) in [6.07, 6.45) is 0.110. The standard InChI is InChI=1S/C17H13Cl3N2O2/c18-11-4-1-2-6-13(11)21-17(24)10-8-15(23)22(9-10)14-7-3-5-12(19)16(14)20/h1-7,10H,8-9H2,(H,21,24)/t10-/m0/s1. The molecular weight excluding hydrogens is 371 g/mol. The second kappa shape index (κ2) is 7.01. The smallest absolute Gasteiger partial charge is 0.229 e. The lowest BCUT2D eigenvalue weighted by Gasteiger charge is -2.18. The molecule has 0 radical (unpaired) electrons. The maximum absolute atomic E-state index is 12.4. The van der Waals surface area contributed by atoms with E-state index in [1.165, 1.54) is 4.90 Å². The topological polar surface area (TPSA) is 49.4 Å². The van der Waals surface area contributed by atoms with Crippen molar-refractivity contribution in [3.63, 3.8) is 0 Å². The normalized spacial score (nSPS) is 17.2. The number of anilines is 2. The number of hydrogen-bond donors (Lipinski definition) is 1. The lowest BCUT2D eigenvalue weighted by Crippen LogP contribution is -2.28. The molecule has 3 rings (SSSR count). The maximum Gasteiger partial charge on any atom is 0.229 e. The van der Waals surface area contributed by atoms with Gasteiger partial charge in [0.05, 0.1) is 32.4 Å². The van der Waals surface area contributed by atoms with E-state index < -0.39 is 5.92 Å². The third-order valence-corrected chi connectivity index (χ3v) is 4.99. The molecule has 2 aromatic carbocycles. The molecule has 0 aromatic heterocycles. The van der Waals surface area contributed by atoms with E-state index in [0.29, 0.717) is 26.4 Å². The second-order valence-electron chi connectivity index (χ2n) is 5.45. The molecule has 0 aliphatic carbocycles. The summed E-state index contributed by atoms with van der Waals surface area (Å²) >= 11 is 18.2. The number of carbonyl (C=O) groups is 2. The number of halogens is 3. The zero-order valence-corrected chi connectivity index (χ0v) is 14.7. The molecule has 0 saturated carbocycles. The average Bonchev–Trinajstić information content (AvgIpc) is 2.94. The molecule has 4 nitrogen and oxygen atoms in total. The first-order chi connectivity index (χ1) is 11.5. The van der Waals surface area contributed by atoms with Crippen molar-refractivity contribution in [2.75, 3.05) is 16.8 Å². The van der Waals surface area contributed by atoms with Crippen LogP contribution in [0.15, 0.2) is 42.5 Å². The van der Waals surface area contributed by atoms with Gasteiger partial charge in [0.15, 0.2) is 0 Å². The van der Waals surface area contributed by atoms with Crippen LogP contribution in [0.25, 0.3) is 0 Å². The number of rotatable bonds is 3. The predicted molar refractivity (Wildman–Crippen MR) is 97.0 cm³/mol. The minimum atomic E-state index is -0.483. The van der Waals surface area contributed by atoms with Crippen LogP contribution in [-0.2, 0) is 9.59 Å². The Hall–Kier alpha value is -1.75. The molecule has 0 bridgehead atoms. The molecule has 1 fully saturated rings. The molecule has 2 aromatic rings. The van der Waals surface area contributed by atoms with Crippen molar-refractivity contribution in [3.05, 3.63) is 57.5 Å². The molecule has 1 heterocycles. The fourth-order valence-corrected chi connectivity index (χ4v) is 3.19. The van der Waals surface area contributed by atoms with E-state index in [2.05, 4.69) is 5.32 Å². The number of amides is 2. The van der Waals surface area contributed by atoms with Gasteiger partial charge in [-0.2, -0.15) is 0 Å². The zero-order chi connectivity index (χ0) is 17.3. The highest BCUT2D eigenvalue weighted by atomic mass is 35.5. The van der Waals surface area contributed by atoms with E-state index >= 15 is 0 Å². The van der Waals surface area contributed by atoms with Gasteiger partial charge in [-0.25, -0.2) is 0 Å². The molecule has 124 valence electrons. The van der Waals surface area contributed by atoms with Gasteiger partial charge in [0.2, 0.25) is 11.8 Å². The maximum atomic E-state index is 12.4. The Labute approximate surface area is 154 Å². The van der Waals surface area contributed by atoms with Crippen LogP contribution in [0.5, 0.6) is 0 Å².